The topological polar surface area (TPSA) is 0 Å². The van der Waals surface area contributed by atoms with Crippen molar-refractivity contribution in [2.45, 2.75) is 46.0 Å². The Balaban J connectivity index is 0.000000238. The van der Waals surface area contributed by atoms with Crippen molar-refractivity contribution in [1.29, 1.82) is 0 Å². The zero-order valence-corrected chi connectivity index (χ0v) is 32.1. The van der Waals surface area contributed by atoms with E-state index in [1.165, 1.54) is 89.3 Å². The van der Waals surface area contributed by atoms with Gasteiger partial charge in [-0.1, -0.05) is 135 Å². The van der Waals surface area contributed by atoms with E-state index in [0.717, 1.165) is 19.3 Å². The van der Waals surface area contributed by atoms with Crippen molar-refractivity contribution in [3.63, 3.8) is 0 Å². The molecule has 0 amide bonds. The van der Waals surface area contributed by atoms with Gasteiger partial charge in [-0.25, -0.2) is 0 Å². The molecule has 0 saturated heterocycles. The first-order valence-corrected chi connectivity index (χ1v) is 17.1. The molecule has 0 spiro atoms. The second-order valence-corrected chi connectivity index (χ2v) is 12.3. The van der Waals surface area contributed by atoms with Crippen LogP contribution in [0.3, 0.4) is 0 Å². The van der Waals surface area contributed by atoms with Crippen molar-refractivity contribution in [1.82, 2.24) is 0 Å². The first-order chi connectivity index (χ1) is 23.1. The molecule has 3 heteroatoms. The van der Waals surface area contributed by atoms with E-state index in [2.05, 4.69) is 173 Å². The van der Waals surface area contributed by atoms with Crippen molar-refractivity contribution in [3.05, 3.63) is 171 Å². The largest absolute Gasteiger partial charge is 2.00 e. The minimum absolute atomic E-state index is 0. The molecular weight excluding hydrogens is 683 g/mol. The van der Waals surface area contributed by atoms with Gasteiger partial charge in [0.15, 0.2) is 0 Å². The first kappa shape index (κ1) is 40.8. The molecule has 0 aliphatic heterocycles. The maximum atomic E-state index is 3.38. The fourth-order valence-corrected chi connectivity index (χ4v) is 6.85. The predicted octanol–water partition coefficient (Wildman–Crippen LogP) is 7.71. The average Bonchev–Trinajstić information content (AvgIpc) is 3.72. The number of aryl methyl sites for hydroxylation is 2. The van der Waals surface area contributed by atoms with Crippen LogP contribution in [0.5, 0.6) is 0 Å². The Kier molecular flexibility index (Phi) is 16.0. The van der Waals surface area contributed by atoms with Gasteiger partial charge in [0.25, 0.3) is 0 Å². The van der Waals surface area contributed by atoms with E-state index in [-0.39, 0.29) is 46.5 Å². The molecule has 0 N–H and O–H groups in total. The molecule has 0 fully saturated rings. The van der Waals surface area contributed by atoms with Gasteiger partial charge in [-0.15, -0.1) is 69.1 Å². The molecule has 0 saturated carbocycles. The van der Waals surface area contributed by atoms with E-state index in [1.807, 2.05) is 0 Å². The number of halogens is 2. The Bertz CT molecular complexity index is 2070. The molecule has 0 heterocycles. The van der Waals surface area contributed by atoms with Gasteiger partial charge in [0.1, 0.15) is 0 Å². The minimum atomic E-state index is 0. The fourth-order valence-electron chi connectivity index (χ4n) is 6.85. The fraction of sp³-hybridized carbons (Fsp3) is 0.149. The SMILES string of the molecule is CCCc1cc2c(-c3cccc4ccccc34)cccc2[cH-]1.CCCc1cc2c(-c3cccc4ccccc34)cccc2[cH-]1.[CH2-]C[CH2-].[Cl-].[Cl-].[Ti+2]. The predicted molar refractivity (Wildman–Crippen MR) is 208 cm³/mol. The van der Waals surface area contributed by atoms with Gasteiger partial charge in [-0.2, -0.15) is 12.1 Å². The summed E-state index contributed by atoms with van der Waals surface area (Å²) < 4.78 is 0. The van der Waals surface area contributed by atoms with Crippen LogP contribution in [-0.4, -0.2) is 0 Å². The Morgan fingerprint density at radius 1 is 0.440 bits per heavy atom. The summed E-state index contributed by atoms with van der Waals surface area (Å²) in [5.74, 6) is 0. The van der Waals surface area contributed by atoms with Gasteiger partial charge < -0.3 is 45.1 Å². The zero-order chi connectivity index (χ0) is 32.6. The third-order valence-electron chi connectivity index (χ3n) is 8.86. The Labute approximate surface area is 326 Å². The van der Waals surface area contributed by atoms with Crippen LogP contribution in [0.25, 0.3) is 65.3 Å². The third kappa shape index (κ3) is 8.98. The summed E-state index contributed by atoms with van der Waals surface area (Å²) in [6.45, 7) is 11.2. The summed E-state index contributed by atoms with van der Waals surface area (Å²) in [7, 11) is 0. The van der Waals surface area contributed by atoms with Crippen molar-refractivity contribution >= 4 is 43.1 Å². The molecule has 0 radical (unpaired) electrons. The summed E-state index contributed by atoms with van der Waals surface area (Å²) in [5.41, 5.74) is 8.25. The van der Waals surface area contributed by atoms with E-state index in [0.29, 0.717) is 0 Å². The van der Waals surface area contributed by atoms with E-state index in [9.17, 15) is 0 Å². The molecule has 0 aliphatic carbocycles. The van der Waals surface area contributed by atoms with Gasteiger partial charge in [0.2, 0.25) is 0 Å². The van der Waals surface area contributed by atoms with Gasteiger partial charge in [-0.3, -0.25) is 0 Å². The minimum Gasteiger partial charge on any atom is -1.00 e. The second kappa shape index (κ2) is 19.7. The normalized spacial score (nSPS) is 10.3. The number of hydrogen-bond acceptors (Lipinski definition) is 0. The van der Waals surface area contributed by atoms with Crippen LogP contribution in [0.1, 0.15) is 44.2 Å². The molecule has 0 bridgehead atoms. The Morgan fingerprint density at radius 2 is 0.760 bits per heavy atom. The summed E-state index contributed by atoms with van der Waals surface area (Å²) in [6.07, 6.45) is 5.45. The van der Waals surface area contributed by atoms with Crippen LogP contribution in [0.15, 0.2) is 146 Å². The Hall–Kier alpha value is -3.65. The first-order valence-electron chi connectivity index (χ1n) is 17.1. The van der Waals surface area contributed by atoms with Gasteiger partial charge in [0, 0.05) is 0 Å². The van der Waals surface area contributed by atoms with E-state index < -0.39 is 0 Å². The molecule has 8 rings (SSSR count). The number of benzene rings is 6. The molecule has 0 atom stereocenters. The second-order valence-electron chi connectivity index (χ2n) is 12.3. The zero-order valence-electron chi connectivity index (χ0n) is 29.1. The van der Waals surface area contributed by atoms with E-state index >= 15 is 0 Å². The monoisotopic (exact) mass is 726 g/mol. The van der Waals surface area contributed by atoms with Gasteiger partial charge in [0.05, 0.1) is 0 Å². The number of rotatable bonds is 6. The summed E-state index contributed by atoms with van der Waals surface area (Å²) in [4.78, 5) is 0. The smallest absolute Gasteiger partial charge is 1.00 e. The molecule has 0 nitrogen and oxygen atoms in total. The van der Waals surface area contributed by atoms with Crippen molar-refractivity contribution in [2.24, 2.45) is 0 Å². The van der Waals surface area contributed by atoms with Crippen molar-refractivity contribution in [2.75, 3.05) is 0 Å². The Morgan fingerprint density at radius 3 is 1.14 bits per heavy atom. The molecule has 0 aromatic heterocycles. The van der Waals surface area contributed by atoms with E-state index in [1.54, 1.807) is 0 Å². The van der Waals surface area contributed by atoms with Crippen LogP contribution in [0.2, 0.25) is 0 Å². The molecule has 8 aromatic carbocycles. The van der Waals surface area contributed by atoms with Crippen molar-refractivity contribution in [3.8, 4) is 22.3 Å². The van der Waals surface area contributed by atoms with Crippen molar-refractivity contribution < 1.29 is 46.5 Å². The molecular formula is C47H44Cl2Ti-4. The van der Waals surface area contributed by atoms with Crippen LogP contribution < -0.4 is 24.8 Å². The molecule has 8 aromatic rings. The number of hydrogen-bond donors (Lipinski definition) is 0. The number of fused-ring (bicyclic) bond motifs is 4. The average molecular weight is 728 g/mol. The van der Waals surface area contributed by atoms with Crippen LogP contribution >= 0.6 is 0 Å². The molecule has 0 unspecified atom stereocenters. The van der Waals surface area contributed by atoms with Gasteiger partial charge in [-0.05, 0) is 45.5 Å². The maximum absolute atomic E-state index is 3.38. The summed E-state index contributed by atoms with van der Waals surface area (Å²) in [5, 5.41) is 10.7. The summed E-state index contributed by atoms with van der Waals surface area (Å²) >= 11 is 0. The standard InChI is InChI=1S/2C22H19.C3H6.2ClH.Ti/c2*1-2-7-16-14-18-10-6-13-21(22(18)15-16)20-12-5-9-17-8-3-4-11-19(17)20;1-3-2;;;/h2*3-6,8-15H,2,7H2,1H3;1-3H2;2*1H;/q2*-1;-2;;;+2/p-2. The van der Waals surface area contributed by atoms with E-state index in [4.69, 9.17) is 0 Å². The third-order valence-corrected chi connectivity index (χ3v) is 8.86. The summed E-state index contributed by atoms with van der Waals surface area (Å²) in [6, 6.07) is 53.2. The van der Waals surface area contributed by atoms with Crippen LogP contribution in [0.4, 0.5) is 0 Å². The van der Waals surface area contributed by atoms with Gasteiger partial charge >= 0.3 is 21.7 Å². The maximum Gasteiger partial charge on any atom is 2.00 e. The van der Waals surface area contributed by atoms with Crippen LogP contribution in [-0.2, 0) is 34.6 Å². The molecule has 254 valence electrons. The molecule has 50 heavy (non-hydrogen) atoms. The van der Waals surface area contributed by atoms with Crippen LogP contribution in [0, 0.1) is 13.8 Å². The quantitative estimate of drug-likeness (QED) is 0.122. The molecule has 0 aliphatic rings.